The summed E-state index contributed by atoms with van der Waals surface area (Å²) in [5.74, 6) is -2.64. The highest BCUT2D eigenvalue weighted by Crippen LogP contribution is 2.28. The Morgan fingerprint density at radius 2 is 1.44 bits per heavy atom. The van der Waals surface area contributed by atoms with Gasteiger partial charge >= 0.3 is 17.9 Å². The molecular weight excluding hydrogens is 356 g/mol. The fourth-order valence-electron chi connectivity index (χ4n) is 2.44. The SMILES string of the molecule is C=C(C)CS(=O)(=O)C1OC[C@@H](OC(C)=O)[C@H](OC(C)=O)[C@H]1OC(C)=O. The molecule has 0 spiro atoms. The van der Waals surface area contributed by atoms with Crippen LogP contribution in [0, 0.1) is 0 Å². The summed E-state index contributed by atoms with van der Waals surface area (Å²) in [6.45, 7) is 8.03. The van der Waals surface area contributed by atoms with E-state index in [1.165, 1.54) is 6.92 Å². The molecule has 1 aliphatic rings. The Labute approximate surface area is 146 Å². The van der Waals surface area contributed by atoms with Crippen LogP contribution in [0.25, 0.3) is 0 Å². The maximum atomic E-state index is 12.5. The maximum Gasteiger partial charge on any atom is 0.303 e. The van der Waals surface area contributed by atoms with E-state index >= 15 is 0 Å². The molecule has 142 valence electrons. The molecule has 1 rings (SSSR count). The van der Waals surface area contributed by atoms with Crippen molar-refractivity contribution in [3.8, 4) is 0 Å². The van der Waals surface area contributed by atoms with E-state index in [-0.39, 0.29) is 6.61 Å². The van der Waals surface area contributed by atoms with Crippen molar-refractivity contribution in [1.82, 2.24) is 0 Å². The lowest BCUT2D eigenvalue weighted by Gasteiger charge is -2.40. The monoisotopic (exact) mass is 378 g/mol. The Morgan fingerprint density at radius 1 is 0.960 bits per heavy atom. The van der Waals surface area contributed by atoms with Crippen LogP contribution in [0.4, 0.5) is 0 Å². The normalized spacial score (nSPS) is 26.4. The second kappa shape index (κ2) is 8.43. The molecular formula is C15H22O9S. The van der Waals surface area contributed by atoms with Crippen LogP contribution in [0.15, 0.2) is 12.2 Å². The molecule has 1 saturated heterocycles. The van der Waals surface area contributed by atoms with E-state index in [1.807, 2.05) is 0 Å². The molecule has 1 aliphatic heterocycles. The summed E-state index contributed by atoms with van der Waals surface area (Å²) in [6.07, 6.45) is -3.91. The summed E-state index contributed by atoms with van der Waals surface area (Å²) in [5.41, 5.74) is -1.22. The van der Waals surface area contributed by atoms with Crippen molar-refractivity contribution >= 4 is 27.7 Å². The van der Waals surface area contributed by atoms with E-state index in [0.29, 0.717) is 5.57 Å². The highest BCUT2D eigenvalue weighted by Gasteiger charge is 2.51. The minimum Gasteiger partial charge on any atom is -0.456 e. The van der Waals surface area contributed by atoms with Gasteiger partial charge in [0.2, 0.25) is 0 Å². The number of hydrogen-bond donors (Lipinski definition) is 0. The van der Waals surface area contributed by atoms with Gasteiger partial charge in [0.15, 0.2) is 33.6 Å². The summed E-state index contributed by atoms with van der Waals surface area (Å²) in [5, 5.41) is 0. The molecule has 1 unspecified atom stereocenters. The zero-order valence-corrected chi connectivity index (χ0v) is 15.3. The van der Waals surface area contributed by atoms with E-state index in [9.17, 15) is 22.8 Å². The molecule has 9 nitrogen and oxygen atoms in total. The molecule has 0 aromatic heterocycles. The fourth-order valence-corrected chi connectivity index (χ4v) is 4.20. The van der Waals surface area contributed by atoms with Crippen LogP contribution < -0.4 is 0 Å². The molecule has 1 fully saturated rings. The molecule has 4 atom stereocenters. The Balaban J connectivity index is 3.26. The summed E-state index contributed by atoms with van der Waals surface area (Å²) >= 11 is 0. The van der Waals surface area contributed by atoms with Crippen LogP contribution in [-0.4, -0.2) is 62.4 Å². The van der Waals surface area contributed by atoms with Gasteiger partial charge in [-0.3, -0.25) is 14.4 Å². The Morgan fingerprint density at radius 3 is 1.88 bits per heavy atom. The molecule has 0 aromatic carbocycles. The first kappa shape index (κ1) is 21.1. The smallest absolute Gasteiger partial charge is 0.303 e. The third-order valence-electron chi connectivity index (χ3n) is 3.11. The van der Waals surface area contributed by atoms with Crippen molar-refractivity contribution < 1.29 is 41.7 Å². The summed E-state index contributed by atoms with van der Waals surface area (Å²) in [4.78, 5) is 34.1. The number of ether oxygens (including phenoxy) is 4. The van der Waals surface area contributed by atoms with Crippen molar-refractivity contribution in [2.75, 3.05) is 12.4 Å². The van der Waals surface area contributed by atoms with Gasteiger partial charge in [-0.1, -0.05) is 12.2 Å². The average Bonchev–Trinajstić information content (AvgIpc) is 2.38. The van der Waals surface area contributed by atoms with Crippen LogP contribution in [0.1, 0.15) is 27.7 Å². The van der Waals surface area contributed by atoms with Crippen LogP contribution in [-0.2, 0) is 43.2 Å². The standard InChI is InChI=1S/C15H22O9S/c1-8(2)7-25(19,20)15-14(24-11(5)18)13(23-10(4)17)12(6-21-15)22-9(3)16/h12-15H,1,6-7H2,2-5H3/t12-,13+,14-,15?/m1/s1. The zero-order chi connectivity index (χ0) is 19.4. The van der Waals surface area contributed by atoms with E-state index in [4.69, 9.17) is 18.9 Å². The van der Waals surface area contributed by atoms with Crippen molar-refractivity contribution in [3.05, 3.63) is 12.2 Å². The molecule has 0 amide bonds. The first-order valence-electron chi connectivity index (χ1n) is 7.43. The predicted octanol–water partition coefficient (Wildman–Crippen LogP) is 0.129. The van der Waals surface area contributed by atoms with E-state index in [1.54, 1.807) is 0 Å². The summed E-state index contributed by atoms with van der Waals surface area (Å²) in [7, 11) is -3.93. The van der Waals surface area contributed by atoms with Gasteiger partial charge in [-0.05, 0) is 6.92 Å². The average molecular weight is 378 g/mol. The third kappa shape index (κ3) is 6.13. The van der Waals surface area contributed by atoms with Crippen LogP contribution >= 0.6 is 0 Å². The van der Waals surface area contributed by atoms with Gasteiger partial charge in [0.1, 0.15) is 0 Å². The Hall–Kier alpha value is -1.94. The molecule has 0 aliphatic carbocycles. The number of sulfone groups is 1. The predicted molar refractivity (Wildman–Crippen MR) is 85.0 cm³/mol. The van der Waals surface area contributed by atoms with E-state index in [0.717, 1.165) is 20.8 Å². The number of carbonyl (C=O) groups excluding carboxylic acids is 3. The number of rotatable bonds is 6. The van der Waals surface area contributed by atoms with Gasteiger partial charge in [0.05, 0.1) is 12.4 Å². The second-order valence-electron chi connectivity index (χ2n) is 5.76. The summed E-state index contributed by atoms with van der Waals surface area (Å²) in [6, 6.07) is 0. The van der Waals surface area contributed by atoms with Crippen molar-refractivity contribution in [2.45, 2.75) is 51.4 Å². The quantitative estimate of drug-likeness (QED) is 0.360. The molecule has 0 N–H and O–H groups in total. The van der Waals surface area contributed by atoms with Gasteiger partial charge < -0.3 is 18.9 Å². The molecule has 25 heavy (non-hydrogen) atoms. The Kier molecular flexibility index (Phi) is 7.12. The molecule has 0 aromatic rings. The van der Waals surface area contributed by atoms with Crippen LogP contribution in [0.5, 0.6) is 0 Å². The van der Waals surface area contributed by atoms with Crippen LogP contribution in [0.3, 0.4) is 0 Å². The largest absolute Gasteiger partial charge is 0.456 e. The van der Waals surface area contributed by atoms with E-state index in [2.05, 4.69) is 6.58 Å². The number of carbonyl (C=O) groups is 3. The van der Waals surface area contributed by atoms with Gasteiger partial charge in [0, 0.05) is 20.8 Å². The zero-order valence-electron chi connectivity index (χ0n) is 14.5. The van der Waals surface area contributed by atoms with Gasteiger partial charge in [-0.25, -0.2) is 8.42 Å². The highest BCUT2D eigenvalue weighted by atomic mass is 32.2. The first-order chi connectivity index (χ1) is 11.4. The van der Waals surface area contributed by atoms with Crippen LogP contribution in [0.2, 0.25) is 0 Å². The number of esters is 3. The molecule has 10 heteroatoms. The summed E-state index contributed by atoms with van der Waals surface area (Å²) < 4.78 is 45.5. The van der Waals surface area contributed by atoms with E-state index < -0.39 is 57.2 Å². The third-order valence-corrected chi connectivity index (χ3v) is 5.11. The van der Waals surface area contributed by atoms with Crippen molar-refractivity contribution in [3.63, 3.8) is 0 Å². The second-order valence-corrected chi connectivity index (χ2v) is 7.84. The maximum absolute atomic E-state index is 12.5. The Bertz CT molecular complexity index is 652. The minimum atomic E-state index is -3.93. The number of hydrogen-bond acceptors (Lipinski definition) is 9. The van der Waals surface area contributed by atoms with Crippen molar-refractivity contribution in [1.29, 1.82) is 0 Å². The van der Waals surface area contributed by atoms with Gasteiger partial charge in [-0.2, -0.15) is 0 Å². The topological polar surface area (TPSA) is 122 Å². The molecule has 0 radical (unpaired) electrons. The molecule has 0 saturated carbocycles. The van der Waals surface area contributed by atoms with Crippen molar-refractivity contribution in [2.24, 2.45) is 0 Å². The first-order valence-corrected chi connectivity index (χ1v) is 9.14. The highest BCUT2D eigenvalue weighted by molar-refractivity contribution is 7.92. The molecule has 1 heterocycles. The van der Waals surface area contributed by atoms with Gasteiger partial charge in [0.25, 0.3) is 0 Å². The van der Waals surface area contributed by atoms with Gasteiger partial charge in [-0.15, -0.1) is 0 Å². The molecule has 0 bridgehead atoms. The lowest BCUT2D eigenvalue weighted by molar-refractivity contribution is -0.214. The lowest BCUT2D eigenvalue weighted by Crippen LogP contribution is -2.59. The fraction of sp³-hybridized carbons (Fsp3) is 0.667. The minimum absolute atomic E-state index is 0.338. The lowest BCUT2D eigenvalue weighted by atomic mass is 10.1.